The number of guanidine groups is 2. The molecule has 0 heterocycles. The summed E-state index contributed by atoms with van der Waals surface area (Å²) in [7, 11) is 0. The molecular weight excluding hydrogens is 214 g/mol. The highest BCUT2D eigenvalue weighted by Crippen LogP contribution is 2.01. The average Bonchev–Trinajstić information content (AvgIpc) is 2.03. The van der Waals surface area contributed by atoms with Crippen molar-refractivity contribution in [1.29, 1.82) is 10.8 Å². The molecule has 0 saturated heterocycles. The van der Waals surface area contributed by atoms with Crippen LogP contribution in [0, 0.1) is 16.7 Å². The molecule has 5 N–H and O–H groups in total. The zero-order valence-corrected chi connectivity index (χ0v) is 10.4. The second-order valence-electron chi connectivity index (χ2n) is 3.65. The SMILES string of the molecule is CCN(CCC(C)C)C(=N)NC(=N)N.Cl. The van der Waals surface area contributed by atoms with E-state index in [1.54, 1.807) is 0 Å². The lowest BCUT2D eigenvalue weighted by Gasteiger charge is -2.24. The van der Waals surface area contributed by atoms with Crippen molar-refractivity contribution in [3.63, 3.8) is 0 Å². The molecule has 0 radical (unpaired) electrons. The van der Waals surface area contributed by atoms with E-state index >= 15 is 0 Å². The summed E-state index contributed by atoms with van der Waals surface area (Å²) < 4.78 is 0. The summed E-state index contributed by atoms with van der Waals surface area (Å²) in [5.74, 6) is 0.646. The second-order valence-corrected chi connectivity index (χ2v) is 3.65. The Bertz CT molecular complexity index is 205. The minimum atomic E-state index is -0.182. The monoisotopic (exact) mass is 235 g/mol. The van der Waals surface area contributed by atoms with Gasteiger partial charge in [0.15, 0.2) is 11.9 Å². The Kier molecular flexibility index (Phi) is 9.16. The maximum absolute atomic E-state index is 7.61. The van der Waals surface area contributed by atoms with Crippen molar-refractivity contribution in [2.75, 3.05) is 13.1 Å². The first-order valence-electron chi connectivity index (χ1n) is 4.91. The van der Waals surface area contributed by atoms with Crippen LogP contribution >= 0.6 is 12.4 Å². The van der Waals surface area contributed by atoms with Gasteiger partial charge in [-0.15, -0.1) is 12.4 Å². The van der Waals surface area contributed by atoms with Gasteiger partial charge in [-0.25, -0.2) is 0 Å². The van der Waals surface area contributed by atoms with Crippen molar-refractivity contribution >= 4 is 24.3 Å². The summed E-state index contributed by atoms with van der Waals surface area (Å²) in [5, 5.41) is 17.1. The van der Waals surface area contributed by atoms with Crippen molar-refractivity contribution in [3.05, 3.63) is 0 Å². The van der Waals surface area contributed by atoms with Gasteiger partial charge in [-0.2, -0.15) is 0 Å². The van der Waals surface area contributed by atoms with Gasteiger partial charge in [-0.05, 0) is 19.3 Å². The topological polar surface area (TPSA) is 89.0 Å². The molecule has 0 saturated carbocycles. The van der Waals surface area contributed by atoms with E-state index in [9.17, 15) is 0 Å². The third kappa shape index (κ3) is 8.05. The lowest BCUT2D eigenvalue weighted by molar-refractivity contribution is 0.386. The van der Waals surface area contributed by atoms with Gasteiger partial charge in [0.05, 0.1) is 0 Å². The fourth-order valence-corrected chi connectivity index (χ4v) is 1.05. The molecule has 0 fully saturated rings. The van der Waals surface area contributed by atoms with Crippen LogP contribution in [0.4, 0.5) is 0 Å². The number of hydrogen-bond acceptors (Lipinski definition) is 2. The van der Waals surface area contributed by atoms with Crippen LogP contribution in [0.2, 0.25) is 0 Å². The molecule has 0 atom stereocenters. The Balaban J connectivity index is 0. The Labute approximate surface area is 97.8 Å². The van der Waals surface area contributed by atoms with E-state index in [1.807, 2.05) is 11.8 Å². The minimum Gasteiger partial charge on any atom is -0.370 e. The number of hydrogen-bond donors (Lipinski definition) is 4. The third-order valence-corrected chi connectivity index (χ3v) is 1.93. The van der Waals surface area contributed by atoms with E-state index in [4.69, 9.17) is 16.6 Å². The highest BCUT2D eigenvalue weighted by molar-refractivity contribution is 5.94. The van der Waals surface area contributed by atoms with Crippen molar-refractivity contribution in [3.8, 4) is 0 Å². The fourth-order valence-electron chi connectivity index (χ4n) is 1.05. The number of nitrogens with one attached hydrogen (secondary N) is 3. The summed E-state index contributed by atoms with van der Waals surface area (Å²) in [6.45, 7) is 7.86. The van der Waals surface area contributed by atoms with Crippen LogP contribution in [0.15, 0.2) is 0 Å². The Morgan fingerprint density at radius 2 is 1.93 bits per heavy atom. The van der Waals surface area contributed by atoms with Crippen LogP contribution in [-0.2, 0) is 0 Å². The fraction of sp³-hybridized carbons (Fsp3) is 0.778. The van der Waals surface area contributed by atoms with Crippen molar-refractivity contribution in [2.24, 2.45) is 11.7 Å². The molecule has 0 unspecified atom stereocenters. The molecule has 15 heavy (non-hydrogen) atoms. The summed E-state index contributed by atoms with van der Waals surface area (Å²) in [6.07, 6.45) is 1.04. The van der Waals surface area contributed by atoms with Crippen molar-refractivity contribution < 1.29 is 0 Å². The van der Waals surface area contributed by atoms with Gasteiger partial charge in [0.2, 0.25) is 0 Å². The molecule has 0 aliphatic heterocycles. The van der Waals surface area contributed by atoms with Gasteiger partial charge in [0.1, 0.15) is 0 Å². The van der Waals surface area contributed by atoms with Crippen LogP contribution in [0.5, 0.6) is 0 Å². The number of nitrogens with two attached hydrogens (primary N) is 1. The molecular formula is C9H22ClN5. The maximum atomic E-state index is 7.61. The Hall–Kier alpha value is -0.970. The normalized spacial score (nSPS) is 9.33. The van der Waals surface area contributed by atoms with Gasteiger partial charge >= 0.3 is 0 Å². The van der Waals surface area contributed by atoms with Crippen molar-refractivity contribution in [1.82, 2.24) is 10.2 Å². The quantitative estimate of drug-likeness (QED) is 0.436. The molecule has 0 aliphatic carbocycles. The molecule has 5 nitrogen and oxygen atoms in total. The van der Waals surface area contributed by atoms with E-state index in [1.165, 1.54) is 0 Å². The van der Waals surface area contributed by atoms with Crippen LogP contribution < -0.4 is 11.1 Å². The molecule has 0 aliphatic rings. The molecule has 0 spiro atoms. The summed E-state index contributed by atoms with van der Waals surface area (Å²) in [5.41, 5.74) is 5.15. The molecule has 0 amide bonds. The molecule has 90 valence electrons. The lowest BCUT2D eigenvalue weighted by Crippen LogP contribution is -2.46. The van der Waals surface area contributed by atoms with E-state index in [2.05, 4.69) is 19.2 Å². The zero-order valence-electron chi connectivity index (χ0n) is 9.63. The Morgan fingerprint density at radius 1 is 1.40 bits per heavy atom. The first kappa shape index (κ1) is 16.5. The first-order chi connectivity index (χ1) is 6.47. The molecule has 0 bridgehead atoms. The highest BCUT2D eigenvalue weighted by atomic mass is 35.5. The molecule has 0 aromatic rings. The van der Waals surface area contributed by atoms with Crippen molar-refractivity contribution in [2.45, 2.75) is 27.2 Å². The molecule has 6 heteroatoms. The lowest BCUT2D eigenvalue weighted by atomic mass is 10.1. The largest absolute Gasteiger partial charge is 0.370 e. The van der Waals surface area contributed by atoms with E-state index in [-0.39, 0.29) is 24.3 Å². The summed E-state index contributed by atoms with van der Waals surface area (Å²) >= 11 is 0. The van der Waals surface area contributed by atoms with Crippen LogP contribution in [-0.4, -0.2) is 29.9 Å². The third-order valence-electron chi connectivity index (χ3n) is 1.93. The van der Waals surface area contributed by atoms with Gasteiger partial charge in [-0.3, -0.25) is 16.1 Å². The number of nitrogens with zero attached hydrogens (tertiary/aromatic N) is 1. The summed E-state index contributed by atoms with van der Waals surface area (Å²) in [6, 6.07) is 0. The maximum Gasteiger partial charge on any atom is 0.197 e. The van der Waals surface area contributed by atoms with Crippen LogP contribution in [0.3, 0.4) is 0 Å². The number of halogens is 1. The minimum absolute atomic E-state index is 0. The average molecular weight is 236 g/mol. The smallest absolute Gasteiger partial charge is 0.197 e. The van der Waals surface area contributed by atoms with Gasteiger partial charge in [0, 0.05) is 13.1 Å². The van der Waals surface area contributed by atoms with Crippen LogP contribution in [0.25, 0.3) is 0 Å². The standard InChI is InChI=1S/C9H21N5.ClH/c1-4-14(6-5-7(2)3)9(12)13-8(10)11;/h7H,4-6H2,1-3H3,(H5,10,11,12,13);1H. The number of rotatable bonds is 4. The van der Waals surface area contributed by atoms with Gasteiger partial charge < -0.3 is 10.6 Å². The highest BCUT2D eigenvalue weighted by Gasteiger charge is 2.08. The van der Waals surface area contributed by atoms with Gasteiger partial charge in [0.25, 0.3) is 0 Å². The predicted octanol–water partition coefficient (Wildman–Crippen LogP) is 1.19. The Morgan fingerprint density at radius 3 is 2.27 bits per heavy atom. The van der Waals surface area contributed by atoms with E-state index in [0.717, 1.165) is 19.5 Å². The molecule has 0 aromatic carbocycles. The zero-order chi connectivity index (χ0) is 11.1. The first-order valence-corrected chi connectivity index (χ1v) is 4.91. The van der Waals surface area contributed by atoms with Crippen LogP contribution in [0.1, 0.15) is 27.2 Å². The van der Waals surface area contributed by atoms with Gasteiger partial charge in [-0.1, -0.05) is 13.8 Å². The molecule has 0 aromatic heterocycles. The summed E-state index contributed by atoms with van der Waals surface area (Å²) in [4.78, 5) is 1.86. The van der Waals surface area contributed by atoms with E-state index in [0.29, 0.717) is 5.92 Å². The predicted molar refractivity (Wildman–Crippen MR) is 66.7 cm³/mol. The van der Waals surface area contributed by atoms with E-state index < -0.39 is 0 Å². The molecule has 0 rings (SSSR count). The second kappa shape index (κ2) is 8.35.